The zero-order valence-corrected chi connectivity index (χ0v) is 5.45. The van der Waals surface area contributed by atoms with Gasteiger partial charge < -0.3 is 8.83 Å². The molecule has 2 rings (SSSR count). The van der Waals surface area contributed by atoms with Gasteiger partial charge in [-0.1, -0.05) is 0 Å². The Hall–Kier alpha value is -1.98. The molecular formula is C6O6. The molecule has 1 heterocycles. The summed E-state index contributed by atoms with van der Waals surface area (Å²) in [5.74, 6) is -1.16. The van der Waals surface area contributed by atoms with Gasteiger partial charge in [-0.15, -0.1) is 0 Å². The minimum Gasteiger partial charge on any atom is -0.386 e. The van der Waals surface area contributed by atoms with Crippen molar-refractivity contribution in [3.05, 3.63) is 41.3 Å². The van der Waals surface area contributed by atoms with Gasteiger partial charge in [-0.3, -0.25) is 14.4 Å². The Balaban J connectivity index is 3.39. The van der Waals surface area contributed by atoms with E-state index in [2.05, 4.69) is 8.83 Å². The van der Waals surface area contributed by atoms with Gasteiger partial charge in [0.2, 0.25) is 11.2 Å². The first kappa shape index (κ1) is 6.71. The summed E-state index contributed by atoms with van der Waals surface area (Å²) in [5.41, 5.74) is -4.65. The molecule has 60 valence electrons. The van der Waals surface area contributed by atoms with Crippen molar-refractivity contribution in [2.75, 3.05) is 0 Å². The van der Waals surface area contributed by atoms with Crippen LogP contribution in [-0.4, -0.2) is 0 Å². The summed E-state index contributed by atoms with van der Waals surface area (Å²) >= 11 is 0. The zero-order chi connectivity index (χ0) is 8.88. The molecule has 6 heteroatoms. The summed E-state index contributed by atoms with van der Waals surface area (Å²) in [6, 6.07) is 0. The van der Waals surface area contributed by atoms with Crippen LogP contribution in [0.3, 0.4) is 0 Å². The summed E-state index contributed by atoms with van der Waals surface area (Å²) in [5, 5.41) is 0. The molecule has 2 aromatic rings. The second kappa shape index (κ2) is 1.79. The fraction of sp³-hybridized carbons (Fsp3) is 0. The number of fused-ring (bicyclic) bond motifs is 1. The van der Waals surface area contributed by atoms with Gasteiger partial charge in [-0.2, -0.15) is 0 Å². The zero-order valence-electron chi connectivity index (χ0n) is 5.45. The van der Waals surface area contributed by atoms with Crippen LogP contribution < -0.4 is 22.1 Å². The van der Waals surface area contributed by atoms with E-state index in [0.717, 1.165) is 0 Å². The van der Waals surface area contributed by atoms with Crippen LogP contribution in [0, 0.1) is 0 Å². The molecular weight excluding hydrogens is 168 g/mol. The first-order valence-electron chi connectivity index (χ1n) is 2.88. The Morgan fingerprint density at radius 2 is 1.08 bits per heavy atom. The van der Waals surface area contributed by atoms with Crippen molar-refractivity contribution in [3.63, 3.8) is 0 Å². The highest BCUT2D eigenvalue weighted by Gasteiger charge is 2.19. The predicted molar refractivity (Wildman–Crippen MR) is 35.9 cm³/mol. The maximum atomic E-state index is 10.8. The molecule has 12 heavy (non-hydrogen) atoms. The van der Waals surface area contributed by atoms with Crippen LogP contribution >= 0.6 is 0 Å². The van der Waals surface area contributed by atoms with Crippen molar-refractivity contribution < 1.29 is 8.83 Å². The summed E-state index contributed by atoms with van der Waals surface area (Å²) in [6.45, 7) is 0. The lowest BCUT2D eigenvalue weighted by Gasteiger charge is -1.59. The van der Waals surface area contributed by atoms with E-state index >= 15 is 0 Å². The average molecular weight is 168 g/mol. The quantitative estimate of drug-likeness (QED) is 0.437. The number of hydrogen-bond acceptors (Lipinski definition) is 6. The van der Waals surface area contributed by atoms with E-state index in [-0.39, 0.29) is 0 Å². The molecule has 0 unspecified atom stereocenters. The lowest BCUT2D eigenvalue weighted by molar-refractivity contribution is 0.407. The maximum Gasteiger partial charge on any atom is 0.519 e. The van der Waals surface area contributed by atoms with Crippen molar-refractivity contribution in [2.24, 2.45) is 0 Å². The average Bonchev–Trinajstić information content (AvgIpc) is 2.49. The lowest BCUT2D eigenvalue weighted by atomic mass is 10.6. The van der Waals surface area contributed by atoms with Gasteiger partial charge in [0.15, 0.2) is 0 Å². The second-order valence-electron chi connectivity index (χ2n) is 2.10. The smallest absolute Gasteiger partial charge is 0.386 e. The highest BCUT2D eigenvalue weighted by atomic mass is 16.6. The standard InChI is InChI=1S/C6O6/c7-1-2(8)4-5(3(1)9)12-6(10)11-4. The molecule has 0 aliphatic heterocycles. The van der Waals surface area contributed by atoms with Crippen LogP contribution in [0.5, 0.6) is 0 Å². The summed E-state index contributed by atoms with van der Waals surface area (Å²) < 4.78 is 8.33. The monoisotopic (exact) mass is 168 g/mol. The minimum atomic E-state index is -1.23. The Morgan fingerprint density at radius 3 is 1.50 bits per heavy atom. The Bertz CT molecular complexity index is 581. The summed E-state index contributed by atoms with van der Waals surface area (Å²) in [7, 11) is 0. The van der Waals surface area contributed by atoms with Crippen LogP contribution in [0.15, 0.2) is 28.0 Å². The van der Waals surface area contributed by atoms with E-state index in [1.54, 1.807) is 0 Å². The van der Waals surface area contributed by atoms with E-state index in [9.17, 15) is 19.2 Å². The number of rotatable bonds is 0. The molecule has 0 spiro atoms. The second-order valence-corrected chi connectivity index (χ2v) is 2.10. The first-order chi connectivity index (χ1) is 5.61. The van der Waals surface area contributed by atoms with E-state index < -0.39 is 33.3 Å². The van der Waals surface area contributed by atoms with Crippen molar-refractivity contribution in [1.29, 1.82) is 0 Å². The van der Waals surface area contributed by atoms with Gasteiger partial charge in [-0.05, 0) is 0 Å². The van der Waals surface area contributed by atoms with Gasteiger partial charge in [0.25, 0.3) is 16.3 Å². The highest BCUT2D eigenvalue weighted by molar-refractivity contribution is 5.70. The maximum absolute atomic E-state index is 10.8. The molecule has 1 aromatic heterocycles. The van der Waals surface area contributed by atoms with Crippen LogP contribution in [-0.2, 0) is 0 Å². The van der Waals surface area contributed by atoms with E-state index in [0.29, 0.717) is 0 Å². The molecule has 0 saturated heterocycles. The molecule has 0 aliphatic rings. The fourth-order valence-electron chi connectivity index (χ4n) is 0.888. The van der Waals surface area contributed by atoms with E-state index in [1.165, 1.54) is 0 Å². The molecule has 6 nitrogen and oxygen atoms in total. The van der Waals surface area contributed by atoms with E-state index in [4.69, 9.17) is 0 Å². The summed E-state index contributed by atoms with van der Waals surface area (Å²) in [4.78, 5) is 42.5. The molecule has 0 fully saturated rings. The minimum absolute atomic E-state index is 0.588. The van der Waals surface area contributed by atoms with Crippen molar-refractivity contribution in [1.82, 2.24) is 0 Å². The van der Waals surface area contributed by atoms with Crippen LogP contribution in [0.1, 0.15) is 0 Å². The van der Waals surface area contributed by atoms with Gasteiger partial charge in [-0.25, -0.2) is 4.79 Å². The van der Waals surface area contributed by atoms with Gasteiger partial charge >= 0.3 is 5.82 Å². The lowest BCUT2D eigenvalue weighted by Crippen LogP contribution is -2.29. The molecule has 0 aliphatic carbocycles. The molecule has 0 N–H and O–H groups in total. The van der Waals surface area contributed by atoms with Crippen LogP contribution in [0.25, 0.3) is 11.2 Å². The third-order valence-electron chi connectivity index (χ3n) is 1.40. The van der Waals surface area contributed by atoms with Crippen molar-refractivity contribution in [3.8, 4) is 0 Å². The Kier molecular flexibility index (Phi) is 0.999. The van der Waals surface area contributed by atoms with Gasteiger partial charge in [0.05, 0.1) is 0 Å². The normalized spacial score (nSPS) is 11.0. The largest absolute Gasteiger partial charge is 0.519 e. The highest BCUT2D eigenvalue weighted by Crippen LogP contribution is 1.97. The third kappa shape index (κ3) is 0.584. The molecule has 0 amide bonds. The number of hydrogen-bond donors (Lipinski definition) is 0. The third-order valence-corrected chi connectivity index (χ3v) is 1.40. The Morgan fingerprint density at radius 1 is 0.667 bits per heavy atom. The predicted octanol–water partition coefficient (Wildman–Crippen LogP) is -1.66. The van der Waals surface area contributed by atoms with Gasteiger partial charge in [0.1, 0.15) is 0 Å². The first-order valence-corrected chi connectivity index (χ1v) is 2.88. The summed E-state index contributed by atoms with van der Waals surface area (Å²) in [6.07, 6.45) is 0. The van der Waals surface area contributed by atoms with E-state index in [1.807, 2.05) is 0 Å². The van der Waals surface area contributed by atoms with Crippen molar-refractivity contribution in [2.45, 2.75) is 0 Å². The fourth-order valence-corrected chi connectivity index (χ4v) is 0.888. The molecule has 0 radical (unpaired) electrons. The topological polar surface area (TPSA) is 94.6 Å². The molecule has 0 bridgehead atoms. The van der Waals surface area contributed by atoms with Gasteiger partial charge in [0, 0.05) is 0 Å². The van der Waals surface area contributed by atoms with Crippen molar-refractivity contribution >= 4 is 11.2 Å². The molecule has 1 aromatic carbocycles. The molecule has 0 saturated carbocycles. The van der Waals surface area contributed by atoms with Crippen LogP contribution in [0.4, 0.5) is 0 Å². The SMILES string of the molecule is O=c1oc2c(=O)c(=O)c(=O)c2o1. The van der Waals surface area contributed by atoms with Crippen LogP contribution in [0.2, 0.25) is 0 Å². The Labute approximate surface area is 62.3 Å². The molecule has 0 atom stereocenters.